The fourth-order valence-electron chi connectivity index (χ4n) is 2.15. The maximum absolute atomic E-state index is 4.60. The summed E-state index contributed by atoms with van der Waals surface area (Å²) in [5, 5.41) is 7.86. The van der Waals surface area contributed by atoms with Crippen molar-refractivity contribution in [3.8, 4) is 0 Å². The van der Waals surface area contributed by atoms with Crippen LogP contribution in [0.3, 0.4) is 0 Å². The zero-order valence-corrected chi connectivity index (χ0v) is 11.3. The molecule has 0 saturated heterocycles. The van der Waals surface area contributed by atoms with Crippen molar-refractivity contribution in [3.05, 3.63) is 17.0 Å². The quantitative estimate of drug-likeness (QED) is 0.803. The van der Waals surface area contributed by atoms with Gasteiger partial charge in [-0.1, -0.05) is 6.92 Å². The highest BCUT2D eigenvalue weighted by atomic mass is 15.3. The molecule has 0 amide bonds. The molecule has 1 aromatic rings. The summed E-state index contributed by atoms with van der Waals surface area (Å²) in [5.74, 6) is 0. The van der Waals surface area contributed by atoms with Crippen LogP contribution in [0.25, 0.3) is 0 Å². The van der Waals surface area contributed by atoms with Crippen molar-refractivity contribution in [1.29, 1.82) is 0 Å². The van der Waals surface area contributed by atoms with Crippen molar-refractivity contribution in [2.75, 3.05) is 7.05 Å². The molecule has 0 aliphatic heterocycles. The second kappa shape index (κ2) is 6.04. The van der Waals surface area contributed by atoms with E-state index in [0.717, 1.165) is 13.0 Å². The van der Waals surface area contributed by atoms with Crippen LogP contribution in [-0.2, 0) is 13.0 Å². The fourth-order valence-corrected chi connectivity index (χ4v) is 2.15. The predicted molar refractivity (Wildman–Crippen MR) is 68.8 cm³/mol. The van der Waals surface area contributed by atoms with Gasteiger partial charge in [0.2, 0.25) is 0 Å². The van der Waals surface area contributed by atoms with Gasteiger partial charge in [-0.3, -0.25) is 4.68 Å². The Labute approximate surface area is 99.2 Å². The molecule has 0 saturated carbocycles. The van der Waals surface area contributed by atoms with Crippen molar-refractivity contribution in [2.45, 2.75) is 59.5 Å². The van der Waals surface area contributed by atoms with Crippen LogP contribution in [-0.4, -0.2) is 22.9 Å². The Kier molecular flexibility index (Phi) is 5.00. The maximum Gasteiger partial charge on any atom is 0.0628 e. The molecule has 0 aliphatic rings. The minimum absolute atomic E-state index is 0.600. The number of hydrogen-bond acceptors (Lipinski definition) is 2. The molecule has 0 radical (unpaired) electrons. The molecule has 1 atom stereocenters. The van der Waals surface area contributed by atoms with E-state index in [1.807, 2.05) is 7.05 Å². The lowest BCUT2D eigenvalue weighted by molar-refractivity contribution is 0.482. The number of nitrogens with one attached hydrogen (secondary N) is 1. The van der Waals surface area contributed by atoms with Gasteiger partial charge < -0.3 is 5.32 Å². The lowest BCUT2D eigenvalue weighted by atomic mass is 10.1. The van der Waals surface area contributed by atoms with Crippen molar-refractivity contribution in [1.82, 2.24) is 15.1 Å². The summed E-state index contributed by atoms with van der Waals surface area (Å²) in [4.78, 5) is 0. The highest BCUT2D eigenvalue weighted by molar-refractivity contribution is 5.24. The van der Waals surface area contributed by atoms with Gasteiger partial charge in [-0.05, 0) is 52.6 Å². The van der Waals surface area contributed by atoms with Gasteiger partial charge in [0.1, 0.15) is 0 Å². The van der Waals surface area contributed by atoms with Crippen LogP contribution in [0.5, 0.6) is 0 Å². The van der Waals surface area contributed by atoms with Crippen LogP contribution >= 0.6 is 0 Å². The molecule has 0 aromatic carbocycles. The van der Waals surface area contributed by atoms with Gasteiger partial charge in [0.15, 0.2) is 0 Å². The van der Waals surface area contributed by atoms with Crippen LogP contribution < -0.4 is 5.32 Å². The second-order valence-corrected chi connectivity index (χ2v) is 4.56. The highest BCUT2D eigenvalue weighted by Crippen LogP contribution is 2.14. The van der Waals surface area contributed by atoms with Crippen LogP contribution in [0.1, 0.15) is 43.6 Å². The van der Waals surface area contributed by atoms with Gasteiger partial charge in [-0.2, -0.15) is 5.10 Å². The first-order chi connectivity index (χ1) is 7.60. The van der Waals surface area contributed by atoms with Crippen LogP contribution in [0.15, 0.2) is 0 Å². The first-order valence-corrected chi connectivity index (χ1v) is 6.30. The third-order valence-corrected chi connectivity index (χ3v) is 3.38. The second-order valence-electron chi connectivity index (χ2n) is 4.56. The fraction of sp³-hybridized carbons (Fsp3) is 0.769. The molecule has 0 fully saturated rings. The molecule has 0 aliphatic carbocycles. The molecule has 0 bridgehead atoms. The van der Waals surface area contributed by atoms with Crippen molar-refractivity contribution in [3.63, 3.8) is 0 Å². The number of nitrogens with zero attached hydrogens (tertiary/aromatic N) is 2. The Morgan fingerprint density at radius 2 is 2.06 bits per heavy atom. The third kappa shape index (κ3) is 3.08. The van der Waals surface area contributed by atoms with E-state index in [0.29, 0.717) is 6.04 Å². The number of rotatable bonds is 6. The number of hydrogen-bond donors (Lipinski definition) is 1. The van der Waals surface area contributed by atoms with Crippen LogP contribution in [0, 0.1) is 13.8 Å². The molecule has 1 rings (SSSR count). The van der Waals surface area contributed by atoms with E-state index in [2.05, 4.69) is 42.8 Å². The largest absolute Gasteiger partial charge is 0.317 e. The minimum Gasteiger partial charge on any atom is -0.317 e. The third-order valence-electron chi connectivity index (χ3n) is 3.38. The SMILES string of the molecule is CCc1c(C)nn(CCCC(C)NC)c1C. The zero-order valence-electron chi connectivity index (χ0n) is 11.3. The first-order valence-electron chi connectivity index (χ1n) is 6.30. The average molecular weight is 223 g/mol. The maximum atomic E-state index is 4.60. The van der Waals surface area contributed by atoms with Crippen molar-refractivity contribution in [2.24, 2.45) is 0 Å². The minimum atomic E-state index is 0.600. The Morgan fingerprint density at radius 1 is 1.38 bits per heavy atom. The summed E-state index contributed by atoms with van der Waals surface area (Å²) in [5.41, 5.74) is 3.96. The normalized spacial score (nSPS) is 13.1. The van der Waals surface area contributed by atoms with Gasteiger partial charge in [0.05, 0.1) is 5.69 Å². The lowest BCUT2D eigenvalue weighted by Crippen LogP contribution is -2.21. The summed E-state index contributed by atoms with van der Waals surface area (Å²) in [7, 11) is 2.02. The summed E-state index contributed by atoms with van der Waals surface area (Å²) in [6.45, 7) is 9.75. The Bertz CT molecular complexity index is 328. The van der Waals surface area contributed by atoms with Gasteiger partial charge >= 0.3 is 0 Å². The van der Waals surface area contributed by atoms with Gasteiger partial charge in [0.25, 0.3) is 0 Å². The van der Waals surface area contributed by atoms with E-state index in [-0.39, 0.29) is 0 Å². The molecule has 1 heterocycles. The molecule has 0 spiro atoms. The highest BCUT2D eigenvalue weighted by Gasteiger charge is 2.09. The number of aryl methyl sites for hydroxylation is 2. The molecule has 3 nitrogen and oxygen atoms in total. The standard InChI is InChI=1S/C13H25N3/c1-6-13-11(3)15-16(12(13)4)9-7-8-10(2)14-5/h10,14H,6-9H2,1-5H3. The van der Waals surface area contributed by atoms with E-state index in [4.69, 9.17) is 0 Å². The average Bonchev–Trinajstić information content (AvgIpc) is 2.53. The van der Waals surface area contributed by atoms with Gasteiger partial charge in [-0.15, -0.1) is 0 Å². The molecule has 92 valence electrons. The van der Waals surface area contributed by atoms with Gasteiger partial charge in [0, 0.05) is 18.3 Å². The van der Waals surface area contributed by atoms with E-state index in [9.17, 15) is 0 Å². The number of aromatic nitrogens is 2. The van der Waals surface area contributed by atoms with E-state index in [1.54, 1.807) is 0 Å². The van der Waals surface area contributed by atoms with Crippen LogP contribution in [0.2, 0.25) is 0 Å². The molecular formula is C13H25N3. The lowest BCUT2D eigenvalue weighted by Gasteiger charge is -2.10. The van der Waals surface area contributed by atoms with Crippen LogP contribution in [0.4, 0.5) is 0 Å². The summed E-state index contributed by atoms with van der Waals surface area (Å²) < 4.78 is 2.16. The van der Waals surface area contributed by atoms with Crippen molar-refractivity contribution >= 4 is 0 Å². The monoisotopic (exact) mass is 223 g/mol. The molecule has 1 unspecified atom stereocenters. The summed E-state index contributed by atoms with van der Waals surface area (Å²) in [6, 6.07) is 0.600. The molecule has 1 aromatic heterocycles. The Hall–Kier alpha value is -0.830. The Morgan fingerprint density at radius 3 is 2.56 bits per heavy atom. The zero-order chi connectivity index (χ0) is 12.1. The summed E-state index contributed by atoms with van der Waals surface area (Å²) >= 11 is 0. The van der Waals surface area contributed by atoms with Gasteiger partial charge in [-0.25, -0.2) is 0 Å². The predicted octanol–water partition coefficient (Wildman–Crippen LogP) is 2.45. The topological polar surface area (TPSA) is 29.9 Å². The molecule has 1 N–H and O–H groups in total. The van der Waals surface area contributed by atoms with E-state index in [1.165, 1.54) is 29.8 Å². The molecule has 16 heavy (non-hydrogen) atoms. The molecular weight excluding hydrogens is 198 g/mol. The Balaban J connectivity index is 2.54. The van der Waals surface area contributed by atoms with E-state index < -0.39 is 0 Å². The smallest absolute Gasteiger partial charge is 0.0628 e. The first kappa shape index (κ1) is 13.2. The summed E-state index contributed by atoms with van der Waals surface area (Å²) in [6.07, 6.45) is 3.48. The molecule has 3 heteroatoms. The van der Waals surface area contributed by atoms with E-state index >= 15 is 0 Å². The van der Waals surface area contributed by atoms with Crippen molar-refractivity contribution < 1.29 is 0 Å².